The Labute approximate surface area is 491 Å². The average Bonchev–Trinajstić information content (AvgIpc) is 3.47. The van der Waals surface area contributed by atoms with Crippen LogP contribution in [0.1, 0.15) is 239 Å². The van der Waals surface area contributed by atoms with Crippen LogP contribution in [-0.4, -0.2) is 140 Å². The SMILES string of the molecule is CC/C=C\C/C=C\C/C=C\C/C=C\C/C=C\CC(=O)NC(COC1OC(CO)C(OC2OC(CO)C(O)C(O)C2O)C(O)C1O)C(O)/C=C/CC/C=C/CCCCCCCCCCCCCCCCCCCCCCCCCCCC. The zero-order valence-corrected chi connectivity index (χ0v) is 50.5. The first-order chi connectivity index (χ1) is 39.6. The molecule has 81 heavy (non-hydrogen) atoms. The Morgan fingerprint density at radius 3 is 1.33 bits per heavy atom. The first-order valence-electron chi connectivity index (χ1n) is 32.3. The summed E-state index contributed by atoms with van der Waals surface area (Å²) in [6.45, 7) is 2.60. The molecule has 0 saturated carbocycles. The van der Waals surface area contributed by atoms with Gasteiger partial charge in [0, 0.05) is 6.42 Å². The van der Waals surface area contributed by atoms with Gasteiger partial charge in [0.2, 0.25) is 5.91 Å². The van der Waals surface area contributed by atoms with E-state index in [1.54, 1.807) is 12.2 Å². The number of hydrogen-bond donors (Lipinski definition) is 9. The molecule has 14 heteroatoms. The van der Waals surface area contributed by atoms with Crippen molar-refractivity contribution in [3.8, 4) is 0 Å². The number of hydrogen-bond acceptors (Lipinski definition) is 13. The normalized spacial score (nSPS) is 24.7. The minimum atomic E-state index is -1.80. The summed E-state index contributed by atoms with van der Waals surface area (Å²) < 4.78 is 22.7. The van der Waals surface area contributed by atoms with Crippen molar-refractivity contribution in [2.24, 2.45) is 0 Å². The van der Waals surface area contributed by atoms with E-state index in [9.17, 15) is 45.6 Å². The number of rotatable bonds is 51. The summed E-state index contributed by atoms with van der Waals surface area (Å²) >= 11 is 0. The van der Waals surface area contributed by atoms with E-state index in [4.69, 9.17) is 18.9 Å². The Morgan fingerprint density at radius 2 is 0.864 bits per heavy atom. The number of amides is 1. The number of aliphatic hydroxyl groups excluding tert-OH is 8. The lowest BCUT2D eigenvalue weighted by Gasteiger charge is -2.46. The molecule has 12 atom stereocenters. The van der Waals surface area contributed by atoms with Crippen LogP contribution in [0.4, 0.5) is 0 Å². The smallest absolute Gasteiger partial charge is 0.224 e. The van der Waals surface area contributed by atoms with Crippen LogP contribution in [-0.2, 0) is 23.7 Å². The summed E-state index contributed by atoms with van der Waals surface area (Å²) in [7, 11) is 0. The van der Waals surface area contributed by atoms with E-state index >= 15 is 0 Å². The lowest BCUT2D eigenvalue weighted by Crippen LogP contribution is -2.65. The third kappa shape index (κ3) is 36.6. The number of nitrogens with one attached hydrogen (secondary N) is 1. The summed E-state index contributed by atoms with van der Waals surface area (Å²) in [5.41, 5.74) is 0. The molecule has 12 unspecified atom stereocenters. The van der Waals surface area contributed by atoms with Crippen molar-refractivity contribution in [2.75, 3.05) is 19.8 Å². The maximum Gasteiger partial charge on any atom is 0.224 e. The highest BCUT2D eigenvalue weighted by atomic mass is 16.7. The standard InChI is InChI=1S/C67H117NO13/c1-3-5-7-9-11-13-15-17-19-20-21-22-23-24-25-26-27-28-29-30-31-32-33-34-35-37-38-40-42-44-46-48-50-56(71)55(68-59(72)51-49-47-45-43-41-39-36-18-16-14-12-10-8-6-4-2)54-78-66-64(77)62(75)65(58(53-70)80-66)81-67-63(76)61(74)60(73)57(52-69)79-67/h6,8,12,14,18,36,40-43,47-50,55-58,60-67,69-71,73-77H,3-5,7,9-11,13,15-17,19-35,37-39,44-46,51-54H2,1-2H3,(H,68,72)/b8-6-,14-12-,36-18-,42-40+,43-41-,49-47-,50-48+. The molecule has 14 nitrogen and oxygen atoms in total. The van der Waals surface area contributed by atoms with Gasteiger partial charge >= 0.3 is 0 Å². The zero-order valence-electron chi connectivity index (χ0n) is 50.5. The number of aliphatic hydroxyl groups is 8. The van der Waals surface area contributed by atoms with Crippen molar-refractivity contribution in [1.82, 2.24) is 5.32 Å². The molecule has 0 bridgehead atoms. The van der Waals surface area contributed by atoms with E-state index in [2.05, 4.69) is 73.8 Å². The molecule has 2 aliphatic rings. The molecule has 0 spiro atoms. The van der Waals surface area contributed by atoms with E-state index in [1.807, 2.05) is 18.2 Å². The van der Waals surface area contributed by atoms with Gasteiger partial charge in [0.05, 0.1) is 32.0 Å². The van der Waals surface area contributed by atoms with Gasteiger partial charge in [-0.3, -0.25) is 4.79 Å². The molecule has 0 aliphatic carbocycles. The van der Waals surface area contributed by atoms with Crippen LogP contribution >= 0.6 is 0 Å². The molecule has 0 aromatic rings. The molecule has 0 radical (unpaired) electrons. The Balaban J connectivity index is 1.71. The van der Waals surface area contributed by atoms with Crippen molar-refractivity contribution in [1.29, 1.82) is 0 Å². The topological polar surface area (TPSA) is 228 Å². The van der Waals surface area contributed by atoms with Gasteiger partial charge in [-0.25, -0.2) is 0 Å². The largest absolute Gasteiger partial charge is 0.394 e. The predicted octanol–water partition coefficient (Wildman–Crippen LogP) is 12.1. The fourth-order valence-corrected chi connectivity index (χ4v) is 10.2. The van der Waals surface area contributed by atoms with Gasteiger partial charge in [-0.1, -0.05) is 259 Å². The van der Waals surface area contributed by atoms with Crippen LogP contribution in [0.3, 0.4) is 0 Å². The number of unbranched alkanes of at least 4 members (excludes halogenated alkanes) is 27. The second kappa shape index (κ2) is 51.6. The molecule has 468 valence electrons. The molecule has 2 heterocycles. The first kappa shape index (κ1) is 74.3. The zero-order chi connectivity index (χ0) is 58.8. The number of ether oxygens (including phenoxy) is 4. The van der Waals surface area contributed by atoms with Gasteiger partial charge < -0.3 is 65.1 Å². The molecule has 2 fully saturated rings. The second-order valence-electron chi connectivity index (χ2n) is 22.5. The van der Waals surface area contributed by atoms with E-state index in [-0.39, 0.29) is 18.9 Å². The molecular formula is C67H117NO13. The fraction of sp³-hybridized carbons (Fsp3) is 0.776. The lowest BCUT2D eigenvalue weighted by atomic mass is 9.97. The van der Waals surface area contributed by atoms with Crippen molar-refractivity contribution < 1.29 is 64.6 Å². The fourth-order valence-electron chi connectivity index (χ4n) is 10.2. The Hall–Kier alpha value is -2.83. The van der Waals surface area contributed by atoms with Gasteiger partial charge in [0.1, 0.15) is 48.8 Å². The van der Waals surface area contributed by atoms with Gasteiger partial charge in [0.15, 0.2) is 12.6 Å². The van der Waals surface area contributed by atoms with Crippen molar-refractivity contribution in [2.45, 2.75) is 312 Å². The van der Waals surface area contributed by atoms with E-state index in [0.29, 0.717) is 12.8 Å². The summed E-state index contributed by atoms with van der Waals surface area (Å²) in [4.78, 5) is 13.2. The number of allylic oxidation sites excluding steroid dienone is 12. The van der Waals surface area contributed by atoms with Crippen LogP contribution in [0, 0.1) is 0 Å². The summed E-state index contributed by atoms with van der Waals surface area (Å²) in [6.07, 6.45) is 54.1. The van der Waals surface area contributed by atoms with E-state index < -0.39 is 86.8 Å². The first-order valence-corrected chi connectivity index (χ1v) is 32.3. The Kier molecular flexibility index (Phi) is 47.3. The number of carbonyl (C=O) groups excluding carboxylic acids is 1. The number of carbonyl (C=O) groups is 1. The summed E-state index contributed by atoms with van der Waals surface area (Å²) in [5.74, 6) is -0.377. The Morgan fingerprint density at radius 1 is 0.457 bits per heavy atom. The lowest BCUT2D eigenvalue weighted by molar-refractivity contribution is -0.359. The average molecular weight is 1140 g/mol. The van der Waals surface area contributed by atoms with Crippen molar-refractivity contribution in [3.63, 3.8) is 0 Å². The molecule has 0 aromatic carbocycles. The maximum absolute atomic E-state index is 13.2. The van der Waals surface area contributed by atoms with E-state index in [0.717, 1.165) is 38.5 Å². The van der Waals surface area contributed by atoms with E-state index in [1.165, 1.54) is 167 Å². The molecule has 1 amide bonds. The van der Waals surface area contributed by atoms with Gasteiger partial charge in [-0.15, -0.1) is 0 Å². The Bertz CT molecular complexity index is 1680. The third-order valence-electron chi connectivity index (χ3n) is 15.3. The third-order valence-corrected chi connectivity index (χ3v) is 15.3. The van der Waals surface area contributed by atoms with Crippen molar-refractivity contribution in [3.05, 3.63) is 85.1 Å². The molecular weight excluding hydrogens is 1030 g/mol. The van der Waals surface area contributed by atoms with Crippen molar-refractivity contribution >= 4 is 5.91 Å². The highest BCUT2D eigenvalue weighted by molar-refractivity contribution is 5.77. The molecule has 0 aromatic heterocycles. The summed E-state index contributed by atoms with van der Waals surface area (Å²) in [5, 5.41) is 87.0. The van der Waals surface area contributed by atoms with Crippen LogP contribution in [0.15, 0.2) is 85.1 Å². The van der Waals surface area contributed by atoms with Gasteiger partial charge in [-0.2, -0.15) is 0 Å². The van der Waals surface area contributed by atoms with Gasteiger partial charge in [0.25, 0.3) is 0 Å². The van der Waals surface area contributed by atoms with Crippen LogP contribution in [0.2, 0.25) is 0 Å². The monoisotopic (exact) mass is 1140 g/mol. The minimum absolute atomic E-state index is 0.0374. The summed E-state index contributed by atoms with van der Waals surface area (Å²) in [6, 6.07) is -0.992. The molecule has 2 aliphatic heterocycles. The highest BCUT2D eigenvalue weighted by Crippen LogP contribution is 2.30. The quantitative estimate of drug-likeness (QED) is 0.0204. The van der Waals surface area contributed by atoms with Crippen LogP contribution < -0.4 is 5.32 Å². The maximum atomic E-state index is 13.2. The molecule has 2 rings (SSSR count). The van der Waals surface area contributed by atoms with Crippen LogP contribution in [0.5, 0.6) is 0 Å². The second-order valence-corrected chi connectivity index (χ2v) is 22.5. The predicted molar refractivity (Wildman–Crippen MR) is 327 cm³/mol. The van der Waals surface area contributed by atoms with Gasteiger partial charge in [-0.05, 0) is 57.8 Å². The van der Waals surface area contributed by atoms with Crippen LogP contribution in [0.25, 0.3) is 0 Å². The minimum Gasteiger partial charge on any atom is -0.394 e. The molecule has 2 saturated heterocycles. The highest BCUT2D eigenvalue weighted by Gasteiger charge is 2.51. The molecule has 9 N–H and O–H groups in total.